The number of hydrogen-bond acceptors (Lipinski definition) is 3. The molecule has 2 amide bonds. The van der Waals surface area contributed by atoms with Gasteiger partial charge in [0.2, 0.25) is 11.8 Å². The minimum Gasteiger partial charge on any atom is -0.354 e. The first kappa shape index (κ1) is 17.0. The van der Waals surface area contributed by atoms with Crippen molar-refractivity contribution in [3.8, 4) is 0 Å². The summed E-state index contributed by atoms with van der Waals surface area (Å²) in [6, 6.07) is 5.61. The van der Waals surface area contributed by atoms with Crippen molar-refractivity contribution < 1.29 is 9.59 Å². The molecule has 1 aliphatic rings. The van der Waals surface area contributed by atoms with Crippen LogP contribution < -0.4 is 10.6 Å². The molecule has 2 rings (SSSR count). The van der Waals surface area contributed by atoms with E-state index in [1.54, 1.807) is 0 Å². The highest BCUT2D eigenvalue weighted by Gasteiger charge is 2.56. The van der Waals surface area contributed by atoms with Crippen molar-refractivity contribution in [2.75, 3.05) is 32.5 Å². The van der Waals surface area contributed by atoms with Gasteiger partial charge in [-0.3, -0.25) is 9.59 Å². The molecule has 0 radical (unpaired) electrons. The lowest BCUT2D eigenvalue weighted by Gasteiger charge is -2.17. The van der Waals surface area contributed by atoms with E-state index in [4.69, 9.17) is 0 Å². The van der Waals surface area contributed by atoms with Gasteiger partial charge in [0.05, 0.1) is 0 Å². The van der Waals surface area contributed by atoms with E-state index in [0.29, 0.717) is 19.4 Å². The number of aryl methyl sites for hydroxylation is 1. The first-order chi connectivity index (χ1) is 10.3. The van der Waals surface area contributed by atoms with Crippen LogP contribution in [0.2, 0.25) is 0 Å². The molecule has 1 aliphatic carbocycles. The fraction of sp³-hybridized carbons (Fsp3) is 0.500. The number of nitrogens with zero attached hydrogens (tertiary/aromatic N) is 1. The van der Waals surface area contributed by atoms with Crippen LogP contribution >= 0.6 is 15.9 Å². The van der Waals surface area contributed by atoms with E-state index < -0.39 is 5.41 Å². The molecule has 0 unspecified atom stereocenters. The summed E-state index contributed by atoms with van der Waals surface area (Å²) in [5.41, 5.74) is 0.879. The van der Waals surface area contributed by atoms with Crippen molar-refractivity contribution in [1.29, 1.82) is 0 Å². The van der Waals surface area contributed by atoms with Crippen molar-refractivity contribution in [3.63, 3.8) is 0 Å². The molecule has 0 saturated heterocycles. The van der Waals surface area contributed by atoms with Crippen LogP contribution in [-0.4, -0.2) is 43.9 Å². The Morgan fingerprint density at radius 1 is 1.27 bits per heavy atom. The number of benzene rings is 1. The normalized spacial score (nSPS) is 15.5. The van der Waals surface area contributed by atoms with Crippen LogP contribution in [0.1, 0.15) is 18.4 Å². The maximum absolute atomic E-state index is 12.4. The van der Waals surface area contributed by atoms with Crippen LogP contribution in [0.5, 0.6) is 0 Å². The van der Waals surface area contributed by atoms with Crippen molar-refractivity contribution >= 4 is 33.4 Å². The third-order valence-electron chi connectivity index (χ3n) is 3.88. The lowest BCUT2D eigenvalue weighted by atomic mass is 10.0. The zero-order valence-corrected chi connectivity index (χ0v) is 14.8. The summed E-state index contributed by atoms with van der Waals surface area (Å²) in [5, 5.41) is 5.72. The number of carbonyl (C=O) groups excluding carboxylic acids is 2. The van der Waals surface area contributed by atoms with Crippen LogP contribution in [0, 0.1) is 12.3 Å². The van der Waals surface area contributed by atoms with E-state index in [-0.39, 0.29) is 11.8 Å². The monoisotopic (exact) mass is 367 g/mol. The van der Waals surface area contributed by atoms with E-state index in [0.717, 1.165) is 22.3 Å². The summed E-state index contributed by atoms with van der Waals surface area (Å²) < 4.78 is 0.994. The average Bonchev–Trinajstić information content (AvgIpc) is 3.24. The lowest BCUT2D eigenvalue weighted by Crippen LogP contribution is -2.42. The molecule has 120 valence electrons. The first-order valence-electron chi connectivity index (χ1n) is 7.36. The second-order valence-electron chi connectivity index (χ2n) is 6.06. The Morgan fingerprint density at radius 3 is 2.50 bits per heavy atom. The molecular weight excluding hydrogens is 346 g/mol. The number of nitrogens with one attached hydrogen (secondary N) is 2. The van der Waals surface area contributed by atoms with Gasteiger partial charge in [0.15, 0.2) is 0 Å². The van der Waals surface area contributed by atoms with Crippen molar-refractivity contribution in [2.24, 2.45) is 5.41 Å². The number of amides is 2. The third kappa shape index (κ3) is 3.87. The van der Waals surface area contributed by atoms with Crippen LogP contribution in [0.15, 0.2) is 22.7 Å². The highest BCUT2D eigenvalue weighted by molar-refractivity contribution is 9.10. The highest BCUT2D eigenvalue weighted by Crippen LogP contribution is 2.46. The quantitative estimate of drug-likeness (QED) is 0.757. The molecule has 1 aromatic carbocycles. The van der Waals surface area contributed by atoms with E-state index in [1.165, 1.54) is 0 Å². The lowest BCUT2D eigenvalue weighted by molar-refractivity contribution is -0.134. The Morgan fingerprint density at radius 2 is 1.95 bits per heavy atom. The predicted octanol–water partition coefficient (Wildman–Crippen LogP) is 2.15. The average molecular weight is 368 g/mol. The Hall–Kier alpha value is -1.40. The van der Waals surface area contributed by atoms with Gasteiger partial charge in [-0.05, 0) is 57.6 Å². The highest BCUT2D eigenvalue weighted by atomic mass is 79.9. The zero-order chi connectivity index (χ0) is 16.3. The molecule has 0 aliphatic heterocycles. The van der Waals surface area contributed by atoms with E-state index >= 15 is 0 Å². The van der Waals surface area contributed by atoms with Crippen LogP contribution in [0.4, 0.5) is 5.69 Å². The maximum Gasteiger partial charge on any atom is 0.240 e. The standard InChI is InChI=1S/C16H22BrN3O2/c1-11-10-12(4-5-13(11)17)19-15(22)16(6-7-16)14(21)18-8-9-20(2)3/h4-5,10H,6-9H2,1-3H3,(H,18,21)(H,19,22). The van der Waals surface area contributed by atoms with Gasteiger partial charge in [0.25, 0.3) is 0 Å². The third-order valence-corrected chi connectivity index (χ3v) is 4.77. The summed E-state index contributed by atoms with van der Waals surface area (Å²) >= 11 is 3.43. The molecule has 6 heteroatoms. The minimum atomic E-state index is -0.882. The van der Waals surface area contributed by atoms with Crippen LogP contribution in [0.3, 0.4) is 0 Å². The van der Waals surface area contributed by atoms with Crippen molar-refractivity contribution in [1.82, 2.24) is 10.2 Å². The fourth-order valence-electron chi connectivity index (χ4n) is 2.22. The Kier molecular flexibility index (Phi) is 5.24. The molecule has 5 nitrogen and oxygen atoms in total. The molecular formula is C16H22BrN3O2. The number of hydrogen-bond donors (Lipinski definition) is 2. The minimum absolute atomic E-state index is 0.166. The molecule has 22 heavy (non-hydrogen) atoms. The molecule has 0 heterocycles. The van der Waals surface area contributed by atoms with Crippen molar-refractivity contribution in [2.45, 2.75) is 19.8 Å². The molecule has 1 saturated carbocycles. The van der Waals surface area contributed by atoms with Gasteiger partial charge >= 0.3 is 0 Å². The molecule has 0 bridgehead atoms. The van der Waals surface area contributed by atoms with Gasteiger partial charge in [-0.25, -0.2) is 0 Å². The van der Waals surface area contributed by atoms with E-state index in [1.807, 2.05) is 44.1 Å². The Bertz CT molecular complexity index is 583. The van der Waals surface area contributed by atoms with Gasteiger partial charge in [-0.2, -0.15) is 0 Å². The maximum atomic E-state index is 12.4. The van der Waals surface area contributed by atoms with Gasteiger partial charge in [0, 0.05) is 23.2 Å². The van der Waals surface area contributed by atoms with E-state index in [9.17, 15) is 9.59 Å². The molecule has 0 spiro atoms. The zero-order valence-electron chi connectivity index (χ0n) is 13.2. The summed E-state index contributed by atoms with van der Waals surface area (Å²) in [4.78, 5) is 26.7. The van der Waals surface area contributed by atoms with Crippen molar-refractivity contribution in [3.05, 3.63) is 28.2 Å². The molecule has 0 aromatic heterocycles. The topological polar surface area (TPSA) is 61.4 Å². The molecule has 1 aromatic rings. The smallest absolute Gasteiger partial charge is 0.240 e. The number of halogens is 1. The van der Waals surface area contributed by atoms with E-state index in [2.05, 4.69) is 26.6 Å². The number of anilines is 1. The van der Waals surface area contributed by atoms with Crippen LogP contribution in [-0.2, 0) is 9.59 Å². The predicted molar refractivity (Wildman–Crippen MR) is 90.7 cm³/mol. The van der Waals surface area contributed by atoms with Gasteiger partial charge in [0.1, 0.15) is 5.41 Å². The SMILES string of the molecule is Cc1cc(NC(=O)C2(C(=O)NCCN(C)C)CC2)ccc1Br. The Labute approximate surface area is 139 Å². The first-order valence-corrected chi connectivity index (χ1v) is 8.15. The molecule has 1 fully saturated rings. The molecule has 2 N–H and O–H groups in total. The second-order valence-corrected chi connectivity index (χ2v) is 6.91. The summed E-state index contributed by atoms with van der Waals surface area (Å²) in [5.74, 6) is -0.378. The summed E-state index contributed by atoms with van der Waals surface area (Å²) in [7, 11) is 3.89. The summed E-state index contributed by atoms with van der Waals surface area (Å²) in [6.45, 7) is 3.27. The fourth-order valence-corrected chi connectivity index (χ4v) is 2.46. The number of likely N-dealkylation sites (N-methyl/N-ethyl adjacent to an activating group) is 1. The van der Waals surface area contributed by atoms with Crippen LogP contribution in [0.25, 0.3) is 0 Å². The Balaban J connectivity index is 1.96. The summed E-state index contributed by atoms with van der Waals surface area (Å²) in [6.07, 6.45) is 1.23. The molecule has 0 atom stereocenters. The van der Waals surface area contributed by atoms with Gasteiger partial charge in [-0.1, -0.05) is 15.9 Å². The largest absolute Gasteiger partial charge is 0.354 e. The number of rotatable bonds is 6. The second kappa shape index (κ2) is 6.79. The van der Waals surface area contributed by atoms with Gasteiger partial charge < -0.3 is 15.5 Å². The number of carbonyl (C=O) groups is 2. The van der Waals surface area contributed by atoms with Gasteiger partial charge in [-0.15, -0.1) is 0 Å².